The molecule has 1 aromatic heterocycles. The minimum absolute atomic E-state index is 0.0506. The molecule has 1 atom stereocenters. The molecule has 17 heavy (non-hydrogen) atoms. The summed E-state index contributed by atoms with van der Waals surface area (Å²) in [4.78, 5) is 13.5. The van der Waals surface area contributed by atoms with Gasteiger partial charge in [-0.3, -0.25) is 4.79 Å². The van der Waals surface area contributed by atoms with E-state index in [0.717, 1.165) is 5.56 Å². The molecule has 5 nitrogen and oxygen atoms in total. The summed E-state index contributed by atoms with van der Waals surface area (Å²) in [7, 11) is -1.36. The molecule has 6 heteroatoms. The molecule has 0 aromatic carbocycles. The van der Waals surface area contributed by atoms with E-state index < -0.39 is 9.84 Å². The minimum Gasteiger partial charge on any atom is -0.459 e. The van der Waals surface area contributed by atoms with E-state index in [4.69, 9.17) is 4.42 Å². The van der Waals surface area contributed by atoms with Crippen molar-refractivity contribution in [3.05, 3.63) is 23.7 Å². The van der Waals surface area contributed by atoms with Gasteiger partial charge in [0.25, 0.3) is 5.91 Å². The van der Waals surface area contributed by atoms with Crippen LogP contribution in [0.15, 0.2) is 16.7 Å². The second kappa shape index (κ2) is 4.18. The highest BCUT2D eigenvalue weighted by atomic mass is 32.2. The van der Waals surface area contributed by atoms with Crippen LogP contribution in [0.25, 0.3) is 0 Å². The van der Waals surface area contributed by atoms with Gasteiger partial charge in [0.2, 0.25) is 0 Å². The zero-order chi connectivity index (χ0) is 12.6. The number of carbonyl (C=O) groups is 1. The maximum Gasteiger partial charge on any atom is 0.289 e. The van der Waals surface area contributed by atoms with Gasteiger partial charge in [-0.25, -0.2) is 8.42 Å². The summed E-state index contributed by atoms with van der Waals surface area (Å²) in [5.41, 5.74) is 0.766. The number of amides is 1. The Morgan fingerprint density at radius 2 is 2.24 bits per heavy atom. The Labute approximate surface area is 100 Å². The van der Waals surface area contributed by atoms with Crippen LogP contribution < -0.4 is 0 Å². The van der Waals surface area contributed by atoms with Gasteiger partial charge in [0.15, 0.2) is 15.6 Å². The van der Waals surface area contributed by atoms with Gasteiger partial charge in [-0.15, -0.1) is 0 Å². The monoisotopic (exact) mass is 257 g/mol. The Hall–Kier alpha value is -1.30. The van der Waals surface area contributed by atoms with E-state index in [2.05, 4.69) is 0 Å². The van der Waals surface area contributed by atoms with E-state index in [1.54, 1.807) is 20.0 Å². The lowest BCUT2D eigenvalue weighted by atomic mass is 10.2. The molecule has 1 aliphatic heterocycles. The van der Waals surface area contributed by atoms with Gasteiger partial charge in [-0.05, 0) is 19.4 Å². The van der Waals surface area contributed by atoms with Gasteiger partial charge in [0, 0.05) is 18.7 Å². The summed E-state index contributed by atoms with van der Waals surface area (Å²) in [5, 5.41) is 0. The van der Waals surface area contributed by atoms with Crippen molar-refractivity contribution >= 4 is 15.7 Å². The number of hydrogen-bond donors (Lipinski definition) is 0. The van der Waals surface area contributed by atoms with Crippen molar-refractivity contribution in [1.82, 2.24) is 4.90 Å². The van der Waals surface area contributed by atoms with E-state index in [0.29, 0.717) is 6.42 Å². The fourth-order valence-corrected chi connectivity index (χ4v) is 3.77. The van der Waals surface area contributed by atoms with E-state index in [9.17, 15) is 13.2 Å². The fourth-order valence-electron chi connectivity index (χ4n) is 2.00. The molecule has 2 rings (SSSR count). The predicted octanol–water partition coefficient (Wildman–Crippen LogP) is 0.847. The van der Waals surface area contributed by atoms with E-state index >= 15 is 0 Å². The molecule has 0 bridgehead atoms. The number of nitrogens with zero attached hydrogens (tertiary/aromatic N) is 1. The first-order valence-corrected chi connectivity index (χ1v) is 7.24. The zero-order valence-electron chi connectivity index (χ0n) is 9.84. The lowest BCUT2D eigenvalue weighted by Crippen LogP contribution is -2.37. The van der Waals surface area contributed by atoms with Crippen LogP contribution in [0.4, 0.5) is 0 Å². The van der Waals surface area contributed by atoms with Crippen LogP contribution in [0.2, 0.25) is 0 Å². The molecule has 94 valence electrons. The zero-order valence-corrected chi connectivity index (χ0v) is 10.7. The first-order chi connectivity index (χ1) is 7.91. The second-order valence-electron chi connectivity index (χ2n) is 4.41. The van der Waals surface area contributed by atoms with Crippen LogP contribution in [-0.2, 0) is 9.84 Å². The molecule has 0 N–H and O–H groups in total. The maximum absolute atomic E-state index is 12.1. The van der Waals surface area contributed by atoms with E-state index in [1.807, 2.05) is 0 Å². The number of aryl methyl sites for hydroxylation is 1. The first kappa shape index (κ1) is 12.2. The molecule has 1 saturated heterocycles. The van der Waals surface area contributed by atoms with Crippen LogP contribution in [0, 0.1) is 6.92 Å². The highest BCUT2D eigenvalue weighted by Crippen LogP contribution is 2.20. The molecular weight excluding hydrogens is 242 g/mol. The van der Waals surface area contributed by atoms with Crippen molar-refractivity contribution < 1.29 is 17.6 Å². The Bertz CT molecular complexity index is 531. The van der Waals surface area contributed by atoms with Crippen LogP contribution >= 0.6 is 0 Å². The summed E-state index contributed by atoms with van der Waals surface area (Å²) >= 11 is 0. The van der Waals surface area contributed by atoms with Gasteiger partial charge in [-0.1, -0.05) is 0 Å². The van der Waals surface area contributed by atoms with E-state index in [-0.39, 0.29) is 29.2 Å². The fraction of sp³-hybridized carbons (Fsp3) is 0.545. The summed E-state index contributed by atoms with van der Waals surface area (Å²) in [6.07, 6.45) is 1.96. The van der Waals surface area contributed by atoms with Gasteiger partial charge in [-0.2, -0.15) is 0 Å². The molecule has 0 radical (unpaired) electrons. The number of sulfone groups is 1. The third kappa shape index (κ3) is 2.36. The molecule has 1 amide bonds. The van der Waals surface area contributed by atoms with Gasteiger partial charge in [0.05, 0.1) is 17.8 Å². The number of carbonyl (C=O) groups excluding carboxylic acids is 1. The van der Waals surface area contributed by atoms with Crippen molar-refractivity contribution in [3.8, 4) is 0 Å². The third-order valence-electron chi connectivity index (χ3n) is 3.13. The molecule has 0 saturated carbocycles. The molecule has 1 aliphatic rings. The molecule has 0 spiro atoms. The quantitative estimate of drug-likeness (QED) is 0.787. The molecule has 2 heterocycles. The van der Waals surface area contributed by atoms with Crippen LogP contribution in [-0.4, -0.2) is 43.8 Å². The summed E-state index contributed by atoms with van der Waals surface area (Å²) < 4.78 is 27.8. The van der Waals surface area contributed by atoms with E-state index in [1.165, 1.54) is 11.2 Å². The molecule has 1 aromatic rings. The molecule has 1 fully saturated rings. The average molecular weight is 257 g/mol. The van der Waals surface area contributed by atoms with Crippen molar-refractivity contribution in [2.45, 2.75) is 19.4 Å². The second-order valence-corrected chi connectivity index (χ2v) is 6.63. The largest absolute Gasteiger partial charge is 0.459 e. The number of hydrogen-bond acceptors (Lipinski definition) is 4. The maximum atomic E-state index is 12.1. The average Bonchev–Trinajstić information content (AvgIpc) is 2.82. The third-order valence-corrected chi connectivity index (χ3v) is 4.88. The lowest BCUT2D eigenvalue weighted by molar-refractivity contribution is 0.0714. The summed E-state index contributed by atoms with van der Waals surface area (Å²) in [6.45, 7) is 1.79. The van der Waals surface area contributed by atoms with Gasteiger partial charge >= 0.3 is 0 Å². The molecule has 0 unspecified atom stereocenters. The highest BCUT2D eigenvalue weighted by Gasteiger charge is 2.34. The SMILES string of the molecule is Cc1ccoc1C(=O)N(C)[C@H]1CCS(=O)(=O)C1. The topological polar surface area (TPSA) is 67.6 Å². The van der Waals surface area contributed by atoms with Crippen molar-refractivity contribution in [2.24, 2.45) is 0 Å². The number of rotatable bonds is 2. The predicted molar refractivity (Wildman–Crippen MR) is 62.6 cm³/mol. The summed E-state index contributed by atoms with van der Waals surface area (Å²) in [5.74, 6) is 0.243. The van der Waals surface area contributed by atoms with Crippen molar-refractivity contribution in [3.63, 3.8) is 0 Å². The lowest BCUT2D eigenvalue weighted by Gasteiger charge is -2.22. The first-order valence-electron chi connectivity index (χ1n) is 5.42. The normalized spacial score (nSPS) is 22.6. The van der Waals surface area contributed by atoms with Crippen molar-refractivity contribution in [1.29, 1.82) is 0 Å². The highest BCUT2D eigenvalue weighted by molar-refractivity contribution is 7.91. The Morgan fingerprint density at radius 3 is 2.71 bits per heavy atom. The molecular formula is C11H15NO4S. The Balaban J connectivity index is 2.14. The summed E-state index contributed by atoms with van der Waals surface area (Å²) in [6, 6.07) is 1.48. The number of furan rings is 1. The Kier molecular flexibility index (Phi) is 2.99. The van der Waals surface area contributed by atoms with Gasteiger partial charge < -0.3 is 9.32 Å². The van der Waals surface area contributed by atoms with Gasteiger partial charge in [0.1, 0.15) is 0 Å². The van der Waals surface area contributed by atoms with Crippen molar-refractivity contribution in [2.75, 3.05) is 18.6 Å². The molecule has 0 aliphatic carbocycles. The van der Waals surface area contributed by atoms with Crippen LogP contribution in [0.5, 0.6) is 0 Å². The Morgan fingerprint density at radius 1 is 1.53 bits per heavy atom. The minimum atomic E-state index is -2.98. The smallest absolute Gasteiger partial charge is 0.289 e. The van der Waals surface area contributed by atoms with Crippen LogP contribution in [0.1, 0.15) is 22.5 Å². The van der Waals surface area contributed by atoms with Crippen LogP contribution in [0.3, 0.4) is 0 Å². The standard InChI is InChI=1S/C11H15NO4S/c1-8-3-5-16-10(8)11(13)12(2)9-4-6-17(14,15)7-9/h3,5,9H,4,6-7H2,1-2H3/t9-/m0/s1.